The molecule has 2 nitrogen and oxygen atoms in total. The van der Waals surface area contributed by atoms with Gasteiger partial charge in [0.15, 0.2) is 0 Å². The van der Waals surface area contributed by atoms with Gasteiger partial charge in [0.05, 0.1) is 5.69 Å². The lowest BCUT2D eigenvalue weighted by atomic mass is 9.90. The summed E-state index contributed by atoms with van der Waals surface area (Å²) >= 11 is 2.05. The number of fused-ring (bicyclic) bond motifs is 3. The van der Waals surface area contributed by atoms with Gasteiger partial charge in [-0.25, -0.2) is 0 Å². The van der Waals surface area contributed by atoms with Gasteiger partial charge in [-0.15, -0.1) is 24.2 Å². The zero-order chi connectivity index (χ0) is 11.2. The molecule has 4 rings (SSSR count). The Balaban J connectivity index is 0.000001000. The number of piperidine rings is 1. The molecule has 1 aromatic carbocycles. The van der Waals surface area contributed by atoms with Gasteiger partial charge in [0, 0.05) is 29.9 Å². The van der Waals surface area contributed by atoms with Crippen LogP contribution >= 0.6 is 24.2 Å². The quantitative estimate of drug-likeness (QED) is 0.788. The van der Waals surface area contributed by atoms with Crippen LogP contribution in [-0.2, 0) is 0 Å². The highest BCUT2D eigenvalue weighted by atomic mass is 35.5. The third kappa shape index (κ3) is 1.75. The van der Waals surface area contributed by atoms with E-state index in [9.17, 15) is 0 Å². The zero-order valence-electron chi connectivity index (χ0n) is 10.4. The van der Waals surface area contributed by atoms with E-state index in [-0.39, 0.29) is 12.4 Å². The van der Waals surface area contributed by atoms with E-state index in [0.29, 0.717) is 0 Å². The maximum absolute atomic E-state index is 3.56. The summed E-state index contributed by atoms with van der Waals surface area (Å²) in [5.41, 5.74) is 3.18. The first kappa shape index (κ1) is 12.6. The Bertz CT molecular complexity index is 451. The minimum absolute atomic E-state index is 0. The van der Waals surface area contributed by atoms with Crippen molar-refractivity contribution < 1.29 is 0 Å². The monoisotopic (exact) mass is 282 g/mol. The van der Waals surface area contributed by atoms with Crippen molar-refractivity contribution in [1.29, 1.82) is 0 Å². The second-order valence-corrected chi connectivity index (χ2v) is 6.39. The van der Waals surface area contributed by atoms with E-state index in [2.05, 4.69) is 40.2 Å². The average molecular weight is 283 g/mol. The Morgan fingerprint density at radius 1 is 1.33 bits per heavy atom. The summed E-state index contributed by atoms with van der Waals surface area (Å²) in [4.78, 5) is 4.24. The molecule has 2 atom stereocenters. The van der Waals surface area contributed by atoms with Crippen LogP contribution < -0.4 is 10.2 Å². The second kappa shape index (κ2) is 4.95. The third-order valence-corrected chi connectivity index (χ3v) is 5.50. The van der Waals surface area contributed by atoms with Crippen molar-refractivity contribution in [2.45, 2.75) is 29.7 Å². The van der Waals surface area contributed by atoms with Gasteiger partial charge in [0.1, 0.15) is 0 Å². The lowest BCUT2D eigenvalue weighted by molar-refractivity contribution is 0.403. The van der Waals surface area contributed by atoms with Gasteiger partial charge in [0.25, 0.3) is 0 Å². The molecule has 0 unspecified atom stereocenters. The van der Waals surface area contributed by atoms with Gasteiger partial charge in [-0.05, 0) is 36.8 Å². The fourth-order valence-corrected chi connectivity index (χ4v) is 4.70. The summed E-state index contributed by atoms with van der Waals surface area (Å²) in [7, 11) is 0. The molecule has 3 aliphatic rings. The number of halogens is 1. The number of para-hydroxylation sites is 1. The fraction of sp³-hybridized carbons (Fsp3) is 0.571. The van der Waals surface area contributed by atoms with E-state index in [4.69, 9.17) is 0 Å². The van der Waals surface area contributed by atoms with Gasteiger partial charge in [0.2, 0.25) is 0 Å². The highest BCUT2D eigenvalue weighted by Gasteiger charge is 2.41. The van der Waals surface area contributed by atoms with Crippen molar-refractivity contribution in [3.63, 3.8) is 0 Å². The normalized spacial score (nSPS) is 29.0. The summed E-state index contributed by atoms with van der Waals surface area (Å²) in [6.07, 6.45) is 2.64. The molecule has 0 amide bonds. The molecule has 0 spiro atoms. The number of anilines is 1. The lowest BCUT2D eigenvalue weighted by Crippen LogP contribution is -2.44. The van der Waals surface area contributed by atoms with Gasteiger partial charge >= 0.3 is 0 Å². The van der Waals surface area contributed by atoms with E-state index in [0.717, 1.165) is 12.0 Å². The SMILES string of the molecule is Cl.c1cc2c3c(c1)[C@@H]1CNCC[C@@H]1N3CCCS2. The van der Waals surface area contributed by atoms with Gasteiger partial charge in [-0.2, -0.15) is 0 Å². The number of hydrogen-bond acceptors (Lipinski definition) is 3. The molecule has 0 aromatic heterocycles. The van der Waals surface area contributed by atoms with Crippen molar-refractivity contribution >= 4 is 29.9 Å². The van der Waals surface area contributed by atoms with E-state index in [1.807, 2.05) is 0 Å². The van der Waals surface area contributed by atoms with Crippen molar-refractivity contribution in [3.05, 3.63) is 23.8 Å². The average Bonchev–Trinajstić information content (AvgIpc) is 2.56. The smallest absolute Gasteiger partial charge is 0.0543 e. The standard InChI is InChI=1S/C14H18N2S.ClH/c1-3-10-11-9-15-6-5-12(11)16-7-2-8-17-13(4-1)14(10)16;/h1,3-4,11-12,15H,2,5-9H2;1H/t11-,12-;/m0./s1. The van der Waals surface area contributed by atoms with Gasteiger partial charge in [-0.3, -0.25) is 0 Å². The predicted octanol–water partition coefficient (Wildman–Crippen LogP) is 2.87. The van der Waals surface area contributed by atoms with Crippen LogP contribution in [0.1, 0.15) is 24.3 Å². The molecule has 0 bridgehead atoms. The molecule has 1 fully saturated rings. The van der Waals surface area contributed by atoms with Crippen LogP contribution in [0.2, 0.25) is 0 Å². The Kier molecular flexibility index (Phi) is 3.48. The molecule has 3 heterocycles. The number of rotatable bonds is 0. The number of hydrogen-bond donors (Lipinski definition) is 1. The third-order valence-electron chi connectivity index (χ3n) is 4.36. The Morgan fingerprint density at radius 3 is 3.22 bits per heavy atom. The predicted molar refractivity (Wildman–Crippen MR) is 80.4 cm³/mol. The van der Waals surface area contributed by atoms with Crippen LogP contribution in [0.3, 0.4) is 0 Å². The summed E-state index contributed by atoms with van der Waals surface area (Å²) in [5.74, 6) is 2.01. The highest BCUT2D eigenvalue weighted by Crippen LogP contribution is 2.49. The minimum Gasteiger partial charge on any atom is -0.367 e. The Morgan fingerprint density at radius 2 is 2.28 bits per heavy atom. The molecular weight excluding hydrogens is 264 g/mol. The molecule has 1 saturated heterocycles. The first-order valence-corrected chi connectivity index (χ1v) is 7.67. The minimum atomic E-state index is 0. The van der Waals surface area contributed by atoms with Crippen molar-refractivity contribution in [3.8, 4) is 0 Å². The summed E-state index contributed by atoms with van der Waals surface area (Å²) in [5, 5.41) is 3.56. The Labute approximate surface area is 119 Å². The molecule has 0 saturated carbocycles. The first-order valence-electron chi connectivity index (χ1n) is 6.68. The first-order chi connectivity index (χ1) is 8.45. The molecule has 98 valence electrons. The molecule has 3 aliphatic heterocycles. The molecule has 18 heavy (non-hydrogen) atoms. The summed E-state index contributed by atoms with van der Waals surface area (Å²) < 4.78 is 0. The van der Waals surface area contributed by atoms with E-state index in [1.165, 1.54) is 43.1 Å². The zero-order valence-corrected chi connectivity index (χ0v) is 12.0. The van der Waals surface area contributed by atoms with Crippen molar-refractivity contribution in [2.24, 2.45) is 0 Å². The van der Waals surface area contributed by atoms with E-state index >= 15 is 0 Å². The van der Waals surface area contributed by atoms with Crippen LogP contribution in [-0.4, -0.2) is 31.4 Å². The molecular formula is C14H19ClN2S. The maximum atomic E-state index is 3.56. The van der Waals surface area contributed by atoms with Crippen LogP contribution in [0.4, 0.5) is 5.69 Å². The number of benzene rings is 1. The second-order valence-electron chi connectivity index (χ2n) is 5.26. The van der Waals surface area contributed by atoms with Crippen LogP contribution in [0, 0.1) is 0 Å². The molecule has 0 radical (unpaired) electrons. The number of nitrogens with zero attached hydrogens (tertiary/aromatic N) is 1. The van der Waals surface area contributed by atoms with Crippen LogP contribution in [0.5, 0.6) is 0 Å². The number of nitrogens with one attached hydrogen (secondary N) is 1. The molecule has 4 heteroatoms. The summed E-state index contributed by atoms with van der Waals surface area (Å²) in [6, 6.07) is 7.69. The van der Waals surface area contributed by atoms with Crippen molar-refractivity contribution in [1.82, 2.24) is 5.32 Å². The lowest BCUT2D eigenvalue weighted by Gasteiger charge is -2.33. The number of thioether (sulfide) groups is 1. The molecule has 1 N–H and O–H groups in total. The fourth-order valence-electron chi connectivity index (χ4n) is 3.66. The van der Waals surface area contributed by atoms with Gasteiger partial charge in [-0.1, -0.05) is 12.1 Å². The maximum Gasteiger partial charge on any atom is 0.0543 e. The topological polar surface area (TPSA) is 15.3 Å². The molecule has 0 aliphatic carbocycles. The van der Waals surface area contributed by atoms with Crippen LogP contribution in [0.25, 0.3) is 0 Å². The van der Waals surface area contributed by atoms with E-state index in [1.54, 1.807) is 11.3 Å². The van der Waals surface area contributed by atoms with Crippen molar-refractivity contribution in [2.75, 3.05) is 30.3 Å². The Hall–Kier alpha value is -0.380. The van der Waals surface area contributed by atoms with Gasteiger partial charge < -0.3 is 10.2 Å². The summed E-state index contributed by atoms with van der Waals surface area (Å²) in [6.45, 7) is 3.62. The van der Waals surface area contributed by atoms with Crippen LogP contribution in [0.15, 0.2) is 23.1 Å². The largest absolute Gasteiger partial charge is 0.367 e. The van der Waals surface area contributed by atoms with E-state index < -0.39 is 0 Å². The molecule has 1 aromatic rings. The highest BCUT2D eigenvalue weighted by molar-refractivity contribution is 7.99.